The smallest absolute Gasteiger partial charge is 0.437 e. The Bertz CT molecular complexity index is 903. The maximum absolute atomic E-state index is 12.8. The number of methoxy groups -OCH3 is 1. The highest BCUT2D eigenvalue weighted by atomic mass is 19.4. The average Bonchev–Trinajstić information content (AvgIpc) is 2.97. The fourth-order valence-corrected chi connectivity index (χ4v) is 2.16. The summed E-state index contributed by atoms with van der Waals surface area (Å²) in [6.07, 6.45) is -2.25. The Kier molecular flexibility index (Phi) is 3.88. The first kappa shape index (κ1) is 15.9. The summed E-state index contributed by atoms with van der Waals surface area (Å²) in [7, 11) is 1.18. The number of hydrogen-bond acceptors (Lipinski definition) is 4. The fraction of sp³-hybridized carbons (Fsp3) is 0.125. The first-order valence-corrected chi connectivity index (χ1v) is 6.79. The Labute approximate surface area is 134 Å². The molecule has 1 aromatic carbocycles. The molecule has 3 aromatic rings. The summed E-state index contributed by atoms with van der Waals surface area (Å²) in [6, 6.07) is 8.00. The SMILES string of the molecule is COC(=O)Oc1ccc2nc(-c3cccc(C(F)(F)F)c3)cn2c1. The van der Waals surface area contributed by atoms with Crippen LogP contribution in [0.2, 0.25) is 0 Å². The van der Waals surface area contributed by atoms with Crippen LogP contribution in [0.4, 0.5) is 18.0 Å². The van der Waals surface area contributed by atoms with Crippen LogP contribution in [0.15, 0.2) is 48.8 Å². The van der Waals surface area contributed by atoms with Crippen LogP contribution >= 0.6 is 0 Å². The van der Waals surface area contributed by atoms with Gasteiger partial charge in [0.2, 0.25) is 0 Å². The maximum atomic E-state index is 12.8. The zero-order valence-electron chi connectivity index (χ0n) is 12.4. The number of nitrogens with zero attached hydrogens (tertiary/aromatic N) is 2. The van der Waals surface area contributed by atoms with E-state index in [4.69, 9.17) is 4.74 Å². The second kappa shape index (κ2) is 5.88. The molecule has 0 aliphatic carbocycles. The number of halogens is 3. The number of hydrogen-bond donors (Lipinski definition) is 0. The number of imidazole rings is 1. The van der Waals surface area contributed by atoms with Crippen LogP contribution in [0.5, 0.6) is 5.75 Å². The van der Waals surface area contributed by atoms with Crippen molar-refractivity contribution < 1.29 is 27.4 Å². The van der Waals surface area contributed by atoms with Gasteiger partial charge in [-0.1, -0.05) is 12.1 Å². The molecule has 3 rings (SSSR count). The summed E-state index contributed by atoms with van der Waals surface area (Å²) in [5, 5.41) is 0. The molecule has 0 saturated carbocycles. The van der Waals surface area contributed by atoms with Crippen LogP contribution < -0.4 is 4.74 Å². The van der Waals surface area contributed by atoms with E-state index >= 15 is 0 Å². The molecule has 0 N–H and O–H groups in total. The van der Waals surface area contributed by atoms with Crippen molar-refractivity contribution in [2.45, 2.75) is 6.18 Å². The van der Waals surface area contributed by atoms with E-state index in [1.54, 1.807) is 22.7 Å². The number of benzene rings is 1. The van der Waals surface area contributed by atoms with Gasteiger partial charge in [0.1, 0.15) is 5.65 Å². The summed E-state index contributed by atoms with van der Waals surface area (Å²) in [5.74, 6) is 0.224. The van der Waals surface area contributed by atoms with Gasteiger partial charge in [-0.2, -0.15) is 13.2 Å². The van der Waals surface area contributed by atoms with Gasteiger partial charge in [-0.05, 0) is 24.3 Å². The first-order valence-electron chi connectivity index (χ1n) is 6.79. The fourth-order valence-electron chi connectivity index (χ4n) is 2.16. The van der Waals surface area contributed by atoms with E-state index < -0.39 is 17.9 Å². The predicted octanol–water partition coefficient (Wildman–Crippen LogP) is 4.17. The highest BCUT2D eigenvalue weighted by Gasteiger charge is 2.30. The summed E-state index contributed by atoms with van der Waals surface area (Å²) in [4.78, 5) is 15.4. The number of pyridine rings is 1. The van der Waals surface area contributed by atoms with Crippen LogP contribution in [0.3, 0.4) is 0 Å². The monoisotopic (exact) mass is 336 g/mol. The molecule has 0 aliphatic heterocycles. The van der Waals surface area contributed by atoms with Crippen LogP contribution in [-0.4, -0.2) is 22.6 Å². The van der Waals surface area contributed by atoms with Crippen molar-refractivity contribution in [1.29, 1.82) is 0 Å². The van der Waals surface area contributed by atoms with E-state index in [0.717, 1.165) is 12.1 Å². The molecule has 0 radical (unpaired) electrons. The summed E-state index contributed by atoms with van der Waals surface area (Å²) in [5.41, 5.74) is 0.465. The number of rotatable bonds is 2. The molecule has 0 fully saturated rings. The Morgan fingerprint density at radius 3 is 2.67 bits per heavy atom. The van der Waals surface area contributed by atoms with Crippen molar-refractivity contribution in [1.82, 2.24) is 9.38 Å². The van der Waals surface area contributed by atoms with Gasteiger partial charge in [0, 0.05) is 11.8 Å². The van der Waals surface area contributed by atoms with Gasteiger partial charge in [-0.3, -0.25) is 0 Å². The van der Waals surface area contributed by atoms with Crippen molar-refractivity contribution in [3.63, 3.8) is 0 Å². The summed E-state index contributed by atoms with van der Waals surface area (Å²) >= 11 is 0. The Morgan fingerprint density at radius 1 is 1.17 bits per heavy atom. The highest BCUT2D eigenvalue weighted by molar-refractivity contribution is 5.65. The Hall–Kier alpha value is -3.03. The number of carbonyl (C=O) groups excluding carboxylic acids is 1. The molecule has 2 heterocycles. The molecule has 124 valence electrons. The topological polar surface area (TPSA) is 52.8 Å². The van der Waals surface area contributed by atoms with Gasteiger partial charge >= 0.3 is 12.3 Å². The highest BCUT2D eigenvalue weighted by Crippen LogP contribution is 2.32. The third kappa shape index (κ3) is 3.17. The normalized spacial score (nSPS) is 11.5. The number of carbonyl (C=O) groups is 1. The number of aromatic nitrogens is 2. The molecule has 0 saturated heterocycles. The summed E-state index contributed by atoms with van der Waals surface area (Å²) in [6.45, 7) is 0. The van der Waals surface area contributed by atoms with Crippen molar-refractivity contribution in [2.75, 3.05) is 7.11 Å². The number of ether oxygens (including phenoxy) is 2. The molecule has 0 spiro atoms. The van der Waals surface area contributed by atoms with E-state index in [-0.39, 0.29) is 5.75 Å². The lowest BCUT2D eigenvalue weighted by Crippen LogP contribution is -2.07. The minimum atomic E-state index is -4.42. The van der Waals surface area contributed by atoms with E-state index in [9.17, 15) is 18.0 Å². The molecule has 0 amide bonds. The molecule has 0 bridgehead atoms. The Balaban J connectivity index is 1.98. The molecule has 2 aromatic heterocycles. The minimum absolute atomic E-state index is 0.224. The van der Waals surface area contributed by atoms with E-state index in [0.29, 0.717) is 16.9 Å². The van der Waals surface area contributed by atoms with Crippen LogP contribution in [-0.2, 0) is 10.9 Å². The molecule has 8 heteroatoms. The zero-order valence-corrected chi connectivity index (χ0v) is 12.4. The number of alkyl halides is 3. The zero-order chi connectivity index (χ0) is 17.3. The lowest BCUT2D eigenvalue weighted by atomic mass is 10.1. The standard InChI is InChI=1S/C16H11F3N2O3/c1-23-15(22)24-12-5-6-14-20-13(9-21(14)8-12)10-3-2-4-11(7-10)16(17,18)19/h2-9H,1H3. The van der Waals surface area contributed by atoms with Crippen molar-refractivity contribution in [3.05, 3.63) is 54.4 Å². The van der Waals surface area contributed by atoms with Gasteiger partial charge in [-0.15, -0.1) is 0 Å². The second-order valence-electron chi connectivity index (χ2n) is 4.89. The molecule has 24 heavy (non-hydrogen) atoms. The third-order valence-corrected chi connectivity index (χ3v) is 3.28. The largest absolute Gasteiger partial charge is 0.513 e. The van der Waals surface area contributed by atoms with Gasteiger partial charge in [0.25, 0.3) is 0 Å². The van der Waals surface area contributed by atoms with Crippen molar-refractivity contribution >= 4 is 11.8 Å². The molecule has 0 aliphatic rings. The minimum Gasteiger partial charge on any atom is -0.437 e. The van der Waals surface area contributed by atoms with E-state index in [2.05, 4.69) is 9.72 Å². The lowest BCUT2D eigenvalue weighted by Gasteiger charge is -2.07. The van der Waals surface area contributed by atoms with E-state index in [1.165, 1.54) is 25.4 Å². The Morgan fingerprint density at radius 2 is 1.96 bits per heavy atom. The lowest BCUT2D eigenvalue weighted by molar-refractivity contribution is -0.137. The molecular weight excluding hydrogens is 325 g/mol. The molecule has 0 atom stereocenters. The summed E-state index contributed by atoms with van der Waals surface area (Å²) < 4.78 is 49.3. The quantitative estimate of drug-likeness (QED) is 0.659. The maximum Gasteiger partial charge on any atom is 0.513 e. The van der Waals surface area contributed by atoms with Gasteiger partial charge in [0.15, 0.2) is 5.75 Å². The second-order valence-corrected chi connectivity index (χ2v) is 4.89. The molecule has 0 unspecified atom stereocenters. The van der Waals surface area contributed by atoms with Gasteiger partial charge in [-0.25, -0.2) is 9.78 Å². The van der Waals surface area contributed by atoms with Crippen molar-refractivity contribution in [2.24, 2.45) is 0 Å². The first-order chi connectivity index (χ1) is 11.4. The van der Waals surface area contributed by atoms with E-state index in [1.807, 2.05) is 0 Å². The van der Waals surface area contributed by atoms with Crippen LogP contribution in [0, 0.1) is 0 Å². The molecule has 5 nitrogen and oxygen atoms in total. The predicted molar refractivity (Wildman–Crippen MR) is 78.7 cm³/mol. The van der Waals surface area contributed by atoms with Crippen molar-refractivity contribution in [3.8, 4) is 17.0 Å². The number of fused-ring (bicyclic) bond motifs is 1. The van der Waals surface area contributed by atoms with Gasteiger partial charge in [0.05, 0.1) is 24.6 Å². The van der Waals surface area contributed by atoms with Gasteiger partial charge < -0.3 is 13.9 Å². The third-order valence-electron chi connectivity index (χ3n) is 3.28. The van der Waals surface area contributed by atoms with Crippen LogP contribution in [0.25, 0.3) is 16.9 Å². The molecular formula is C16H11F3N2O3. The van der Waals surface area contributed by atoms with Crippen LogP contribution in [0.1, 0.15) is 5.56 Å². The average molecular weight is 336 g/mol.